The van der Waals surface area contributed by atoms with Gasteiger partial charge in [0.2, 0.25) is 27.7 Å². The normalized spacial score (nSPS) is 16.9. The molecule has 0 aromatic heterocycles. The van der Waals surface area contributed by atoms with Gasteiger partial charge in [0.15, 0.2) is 0 Å². The fourth-order valence-electron chi connectivity index (χ4n) is 4.36. The summed E-state index contributed by atoms with van der Waals surface area (Å²) in [6, 6.07) is 3.42. The first-order valence-corrected chi connectivity index (χ1v) is 15.0. The first-order chi connectivity index (χ1) is 18.8. The van der Waals surface area contributed by atoms with Gasteiger partial charge in [-0.2, -0.15) is 4.72 Å². The highest BCUT2D eigenvalue weighted by atomic mass is 32.2. The predicted molar refractivity (Wildman–Crippen MR) is 150 cm³/mol. The number of nitrogens with zero attached hydrogens (tertiary/aromatic N) is 1. The number of amides is 3. The number of likely N-dealkylation sites (tertiary alicyclic amines) is 1. The second-order valence-electron chi connectivity index (χ2n) is 10.7. The monoisotopic (exact) mass is 578 g/mol. The second-order valence-corrected chi connectivity index (χ2v) is 12.4. The summed E-state index contributed by atoms with van der Waals surface area (Å²) in [5.74, 6) is -2.53. The highest BCUT2D eigenvalue weighted by Crippen LogP contribution is 2.22. The van der Waals surface area contributed by atoms with Crippen molar-refractivity contribution in [1.29, 1.82) is 0 Å². The molecule has 1 saturated heterocycles. The van der Waals surface area contributed by atoms with Gasteiger partial charge < -0.3 is 20.3 Å². The number of nitrogens with one attached hydrogen (secondary N) is 3. The zero-order valence-corrected chi connectivity index (χ0v) is 24.8. The molecule has 0 unspecified atom stereocenters. The quantitative estimate of drug-likeness (QED) is 0.224. The molecule has 0 bridgehead atoms. The second kappa shape index (κ2) is 14.9. The molecular weight excluding hydrogens is 536 g/mol. The van der Waals surface area contributed by atoms with Crippen molar-refractivity contribution >= 4 is 33.7 Å². The van der Waals surface area contributed by atoms with Gasteiger partial charge in [-0.3, -0.25) is 19.2 Å². The van der Waals surface area contributed by atoms with Gasteiger partial charge in [-0.15, -0.1) is 0 Å². The molecule has 2 rings (SSSR count). The molecule has 0 spiro atoms. The van der Waals surface area contributed by atoms with Crippen LogP contribution in [-0.4, -0.2) is 74.8 Å². The average Bonchev–Trinajstić information content (AvgIpc) is 3.38. The minimum atomic E-state index is -3.99. The van der Waals surface area contributed by atoms with Gasteiger partial charge in [-0.25, -0.2) is 8.42 Å². The summed E-state index contributed by atoms with van der Waals surface area (Å²) in [5.41, 5.74) is 0.901. The summed E-state index contributed by atoms with van der Waals surface area (Å²) in [6.07, 6.45) is 2.64. The maximum atomic E-state index is 13.6. The van der Waals surface area contributed by atoms with Crippen molar-refractivity contribution in [2.24, 2.45) is 11.8 Å². The Labute approximate surface area is 237 Å². The van der Waals surface area contributed by atoms with Crippen molar-refractivity contribution in [2.45, 2.75) is 76.9 Å². The van der Waals surface area contributed by atoms with E-state index < -0.39 is 57.8 Å². The molecule has 1 aromatic carbocycles. The van der Waals surface area contributed by atoms with Gasteiger partial charge in [0.1, 0.15) is 31.3 Å². The van der Waals surface area contributed by atoms with Gasteiger partial charge in [0.05, 0.1) is 4.90 Å². The molecule has 1 heterocycles. The SMILES string of the molecule is C=CCOC(=O)CNC(=O)[C@H](CC(C)C)NC(=O)[C@@H]1CCCN1C(=O)[C@@H](NS(=O)(=O)c1ccc(C)cc1)C(C)C. The van der Waals surface area contributed by atoms with Crippen LogP contribution in [0.3, 0.4) is 0 Å². The van der Waals surface area contributed by atoms with Gasteiger partial charge in [-0.1, -0.05) is 58.0 Å². The summed E-state index contributed by atoms with van der Waals surface area (Å²) < 4.78 is 33.5. The van der Waals surface area contributed by atoms with E-state index in [1.165, 1.54) is 23.1 Å². The highest BCUT2D eigenvalue weighted by molar-refractivity contribution is 7.89. The first-order valence-electron chi connectivity index (χ1n) is 13.5. The van der Waals surface area contributed by atoms with Crippen LogP contribution in [0, 0.1) is 18.8 Å². The average molecular weight is 579 g/mol. The number of hydrogen-bond donors (Lipinski definition) is 3. The molecule has 3 N–H and O–H groups in total. The number of carbonyl (C=O) groups is 4. The number of esters is 1. The lowest BCUT2D eigenvalue weighted by Crippen LogP contribution is -2.57. The van der Waals surface area contributed by atoms with Gasteiger partial charge >= 0.3 is 5.97 Å². The van der Waals surface area contributed by atoms with E-state index in [1.807, 2.05) is 20.8 Å². The van der Waals surface area contributed by atoms with Crippen LogP contribution in [0.4, 0.5) is 0 Å². The third-order valence-corrected chi connectivity index (χ3v) is 7.95. The summed E-state index contributed by atoms with van der Waals surface area (Å²) in [6.45, 7) is 12.5. The van der Waals surface area contributed by atoms with Gasteiger partial charge in [-0.05, 0) is 50.2 Å². The molecule has 1 aromatic rings. The van der Waals surface area contributed by atoms with Crippen molar-refractivity contribution in [3.8, 4) is 0 Å². The Kier molecular flexibility index (Phi) is 12.3. The molecule has 222 valence electrons. The number of aryl methyl sites for hydroxylation is 1. The topological polar surface area (TPSA) is 151 Å². The predicted octanol–water partition coefficient (Wildman–Crippen LogP) is 1.67. The van der Waals surface area contributed by atoms with E-state index in [1.54, 1.807) is 26.0 Å². The summed E-state index contributed by atoms with van der Waals surface area (Å²) in [4.78, 5) is 53.0. The molecule has 1 aliphatic rings. The fraction of sp³-hybridized carbons (Fsp3) is 0.571. The molecule has 3 amide bonds. The van der Waals surface area contributed by atoms with E-state index in [2.05, 4.69) is 21.9 Å². The smallest absolute Gasteiger partial charge is 0.325 e. The minimum absolute atomic E-state index is 0.0188. The molecule has 0 saturated carbocycles. The lowest BCUT2D eigenvalue weighted by atomic mass is 10.0. The summed E-state index contributed by atoms with van der Waals surface area (Å²) >= 11 is 0. The summed E-state index contributed by atoms with van der Waals surface area (Å²) in [7, 11) is -3.99. The molecule has 11 nitrogen and oxygen atoms in total. The van der Waals surface area contributed by atoms with E-state index in [0.29, 0.717) is 19.3 Å². The van der Waals surface area contributed by atoms with E-state index in [9.17, 15) is 27.6 Å². The largest absolute Gasteiger partial charge is 0.460 e. The van der Waals surface area contributed by atoms with Gasteiger partial charge in [0.25, 0.3) is 0 Å². The Morgan fingerprint density at radius 1 is 1.12 bits per heavy atom. The maximum absolute atomic E-state index is 13.6. The Bertz CT molecular complexity index is 1170. The van der Waals surface area contributed by atoms with Crippen LogP contribution in [0.5, 0.6) is 0 Å². The molecular formula is C28H42N4O7S. The van der Waals surface area contributed by atoms with Crippen molar-refractivity contribution in [3.05, 3.63) is 42.5 Å². The first kappa shape index (κ1) is 33.0. The van der Waals surface area contributed by atoms with Crippen molar-refractivity contribution in [1.82, 2.24) is 20.3 Å². The zero-order chi connectivity index (χ0) is 30.0. The summed E-state index contributed by atoms with van der Waals surface area (Å²) in [5, 5.41) is 5.22. The van der Waals surface area contributed by atoms with E-state index in [4.69, 9.17) is 4.74 Å². The minimum Gasteiger partial charge on any atom is -0.460 e. The van der Waals surface area contributed by atoms with Crippen LogP contribution >= 0.6 is 0 Å². The lowest BCUT2D eigenvalue weighted by Gasteiger charge is -2.31. The number of benzene rings is 1. The molecule has 0 aliphatic carbocycles. The molecule has 12 heteroatoms. The molecule has 1 fully saturated rings. The number of ether oxygens (including phenoxy) is 1. The zero-order valence-electron chi connectivity index (χ0n) is 23.9. The number of hydrogen-bond acceptors (Lipinski definition) is 7. The van der Waals surface area contributed by atoms with E-state index >= 15 is 0 Å². The van der Waals surface area contributed by atoms with Crippen molar-refractivity contribution in [2.75, 3.05) is 19.7 Å². The Morgan fingerprint density at radius 3 is 2.35 bits per heavy atom. The van der Waals surface area contributed by atoms with E-state index in [0.717, 1.165) is 5.56 Å². The maximum Gasteiger partial charge on any atom is 0.325 e. The molecule has 40 heavy (non-hydrogen) atoms. The Balaban J connectivity index is 2.15. The van der Waals surface area contributed by atoms with Crippen molar-refractivity contribution in [3.63, 3.8) is 0 Å². The van der Waals surface area contributed by atoms with E-state index in [-0.39, 0.29) is 30.5 Å². The molecule has 0 radical (unpaired) electrons. The van der Waals surface area contributed by atoms with Crippen LogP contribution < -0.4 is 15.4 Å². The fourth-order valence-corrected chi connectivity index (χ4v) is 5.70. The standard InChI is InChI=1S/C28H42N4O7S/c1-7-15-39-24(33)17-29-26(34)22(16-18(2)3)30-27(35)23-9-8-14-32(23)28(36)25(19(4)5)31-40(37,38)21-12-10-20(6)11-13-21/h7,10-13,18-19,22-23,25,31H,1,8-9,14-17H2,2-6H3,(H,29,34)(H,30,35)/t22-,23-,25-/m0/s1. The van der Waals surface area contributed by atoms with Crippen LogP contribution in [0.1, 0.15) is 52.5 Å². The Hall–Kier alpha value is -3.25. The van der Waals surface area contributed by atoms with Crippen LogP contribution in [0.15, 0.2) is 41.8 Å². The number of rotatable bonds is 14. The Morgan fingerprint density at radius 2 is 1.77 bits per heavy atom. The lowest BCUT2D eigenvalue weighted by molar-refractivity contribution is -0.143. The van der Waals surface area contributed by atoms with Crippen LogP contribution in [0.2, 0.25) is 0 Å². The third kappa shape index (κ3) is 9.44. The van der Waals surface area contributed by atoms with Gasteiger partial charge in [0, 0.05) is 6.54 Å². The molecule has 1 aliphatic heterocycles. The number of carbonyl (C=O) groups excluding carboxylic acids is 4. The number of sulfonamides is 1. The molecule has 3 atom stereocenters. The third-order valence-electron chi connectivity index (χ3n) is 6.49. The van der Waals surface area contributed by atoms with Crippen molar-refractivity contribution < 1.29 is 32.3 Å². The van der Waals surface area contributed by atoms with Crippen LogP contribution in [-0.2, 0) is 33.9 Å². The highest BCUT2D eigenvalue weighted by Gasteiger charge is 2.40. The van der Waals surface area contributed by atoms with Crippen LogP contribution in [0.25, 0.3) is 0 Å².